The Labute approximate surface area is 197 Å². The summed E-state index contributed by atoms with van der Waals surface area (Å²) in [5.74, 6) is 0.592. The second-order valence-corrected chi connectivity index (χ2v) is 8.29. The summed E-state index contributed by atoms with van der Waals surface area (Å²) in [7, 11) is 0. The first-order valence-corrected chi connectivity index (χ1v) is 11.5. The zero-order valence-corrected chi connectivity index (χ0v) is 18.7. The van der Waals surface area contributed by atoms with Gasteiger partial charge in [-0.2, -0.15) is 0 Å². The molecule has 5 rings (SSSR count). The smallest absolute Gasteiger partial charge is 0.267 e. The van der Waals surface area contributed by atoms with Crippen molar-refractivity contribution in [3.8, 4) is 11.1 Å². The van der Waals surface area contributed by atoms with E-state index in [1.165, 1.54) is 6.08 Å². The molecule has 172 valence electrons. The Morgan fingerprint density at radius 1 is 1.15 bits per heavy atom. The molecule has 2 aromatic carbocycles. The normalized spacial score (nSPS) is 16.2. The van der Waals surface area contributed by atoms with Gasteiger partial charge >= 0.3 is 0 Å². The second-order valence-electron chi connectivity index (χ2n) is 8.29. The fourth-order valence-electron chi connectivity index (χ4n) is 3.93. The molecule has 0 spiro atoms. The first kappa shape index (κ1) is 22.0. The number of nitrogens with one attached hydrogen (secondary N) is 2. The first-order chi connectivity index (χ1) is 16.7. The van der Waals surface area contributed by atoms with Crippen molar-refractivity contribution in [2.45, 2.75) is 32.0 Å². The minimum atomic E-state index is -0.356. The van der Waals surface area contributed by atoms with E-state index in [2.05, 4.69) is 27.6 Å². The average molecular weight is 455 g/mol. The maximum absolute atomic E-state index is 12.0. The topological polar surface area (TPSA) is 89.1 Å². The zero-order chi connectivity index (χ0) is 23.2. The number of hydrogen-bond donors (Lipinski definition) is 2. The van der Waals surface area contributed by atoms with Crippen LogP contribution in [0.5, 0.6) is 0 Å². The summed E-state index contributed by atoms with van der Waals surface area (Å²) in [6.07, 6.45) is 10.0. The highest BCUT2D eigenvalue weighted by Gasteiger charge is 2.15. The molecule has 2 aromatic heterocycles. The van der Waals surface area contributed by atoms with Gasteiger partial charge in [0.1, 0.15) is 5.82 Å². The number of imidazole rings is 1. The Morgan fingerprint density at radius 3 is 2.85 bits per heavy atom. The Morgan fingerprint density at radius 2 is 2.06 bits per heavy atom. The third kappa shape index (κ3) is 5.57. The van der Waals surface area contributed by atoms with E-state index in [-0.39, 0.29) is 12.2 Å². The number of ether oxygens (including phenoxy) is 1. The fraction of sp³-hybridized carbons (Fsp3) is 0.222. The maximum atomic E-state index is 12.0. The largest absolute Gasteiger partial charge is 0.350 e. The number of carbonyl (C=O) groups excluding carboxylic acids is 1. The Balaban J connectivity index is 1.18. The summed E-state index contributed by atoms with van der Waals surface area (Å²) in [5, 5.41) is 0. The molecule has 0 saturated carbocycles. The van der Waals surface area contributed by atoms with Crippen LogP contribution in [-0.2, 0) is 20.8 Å². The molecule has 4 aromatic rings. The molecule has 0 radical (unpaired) electrons. The number of hydroxylamine groups is 1. The predicted molar refractivity (Wildman–Crippen MR) is 130 cm³/mol. The van der Waals surface area contributed by atoms with Crippen molar-refractivity contribution in [3.05, 3.63) is 90.0 Å². The molecule has 3 heterocycles. The van der Waals surface area contributed by atoms with E-state index in [1.54, 1.807) is 12.3 Å². The predicted octanol–water partition coefficient (Wildman–Crippen LogP) is 4.80. The summed E-state index contributed by atoms with van der Waals surface area (Å²) >= 11 is 0. The SMILES string of the molecule is O=C(/C=C/c1ccc(Cc2nc3ccc(-c4cccnc4)cc3[nH]2)cc1)NOC1CCCCO1. The highest BCUT2D eigenvalue weighted by Crippen LogP contribution is 2.23. The highest BCUT2D eigenvalue weighted by molar-refractivity contribution is 5.91. The Hall–Kier alpha value is -3.81. The number of pyridine rings is 1. The molecule has 2 N–H and O–H groups in total. The number of rotatable bonds is 7. The van der Waals surface area contributed by atoms with E-state index in [9.17, 15) is 4.79 Å². The van der Waals surface area contributed by atoms with Gasteiger partial charge in [-0.1, -0.05) is 36.4 Å². The van der Waals surface area contributed by atoms with Gasteiger partial charge in [0.25, 0.3) is 5.91 Å². The van der Waals surface area contributed by atoms with Crippen LogP contribution >= 0.6 is 0 Å². The van der Waals surface area contributed by atoms with E-state index in [0.717, 1.165) is 58.4 Å². The van der Waals surface area contributed by atoms with Crippen LogP contribution < -0.4 is 5.48 Å². The molecular weight excluding hydrogens is 428 g/mol. The fourth-order valence-corrected chi connectivity index (χ4v) is 3.93. The van der Waals surface area contributed by atoms with Gasteiger partial charge in [0.15, 0.2) is 6.29 Å². The van der Waals surface area contributed by atoms with E-state index in [4.69, 9.17) is 14.6 Å². The van der Waals surface area contributed by atoms with E-state index >= 15 is 0 Å². The monoisotopic (exact) mass is 454 g/mol. The molecule has 34 heavy (non-hydrogen) atoms. The van der Waals surface area contributed by atoms with Crippen LogP contribution in [-0.4, -0.2) is 33.8 Å². The molecule has 7 nitrogen and oxygen atoms in total. The number of benzene rings is 2. The van der Waals surface area contributed by atoms with Crippen LogP contribution in [0.4, 0.5) is 0 Å². The number of fused-ring (bicyclic) bond motifs is 1. The van der Waals surface area contributed by atoms with Crippen molar-refractivity contribution in [2.24, 2.45) is 0 Å². The van der Waals surface area contributed by atoms with Crippen LogP contribution in [0.1, 0.15) is 36.2 Å². The van der Waals surface area contributed by atoms with Gasteiger partial charge < -0.3 is 9.72 Å². The number of amides is 1. The van der Waals surface area contributed by atoms with Crippen LogP contribution in [0.15, 0.2) is 73.1 Å². The summed E-state index contributed by atoms with van der Waals surface area (Å²) in [4.78, 5) is 29.6. The van der Waals surface area contributed by atoms with E-state index < -0.39 is 0 Å². The van der Waals surface area contributed by atoms with Crippen molar-refractivity contribution in [1.29, 1.82) is 0 Å². The van der Waals surface area contributed by atoms with Gasteiger partial charge in [0.05, 0.1) is 11.0 Å². The number of aromatic amines is 1. The van der Waals surface area contributed by atoms with Crippen LogP contribution in [0.2, 0.25) is 0 Å². The number of hydrogen-bond acceptors (Lipinski definition) is 5. The molecule has 7 heteroatoms. The van der Waals surface area contributed by atoms with Crippen LogP contribution in [0.3, 0.4) is 0 Å². The molecule has 1 aliphatic rings. The molecule has 1 unspecified atom stereocenters. The van der Waals surface area contributed by atoms with Crippen molar-refractivity contribution >= 4 is 23.0 Å². The molecule has 1 saturated heterocycles. The lowest BCUT2D eigenvalue weighted by atomic mass is 10.1. The van der Waals surface area contributed by atoms with Gasteiger partial charge in [-0.15, -0.1) is 0 Å². The molecule has 1 amide bonds. The van der Waals surface area contributed by atoms with Gasteiger partial charge in [0, 0.05) is 43.5 Å². The molecule has 1 aliphatic heterocycles. The summed E-state index contributed by atoms with van der Waals surface area (Å²) < 4.78 is 5.43. The maximum Gasteiger partial charge on any atom is 0.267 e. The molecule has 0 aliphatic carbocycles. The quantitative estimate of drug-likeness (QED) is 0.309. The zero-order valence-electron chi connectivity index (χ0n) is 18.7. The van der Waals surface area contributed by atoms with E-state index in [1.807, 2.05) is 48.7 Å². The summed E-state index contributed by atoms with van der Waals surface area (Å²) in [6, 6.07) is 18.2. The standard InChI is InChI=1S/C27H26N4O3/c32-26(31-34-27-5-1-2-15-33-27)13-10-19-6-8-20(9-7-19)16-25-29-23-12-11-21(17-24(23)30-25)22-4-3-14-28-18-22/h3-4,6-14,17-18,27H,1-2,5,15-16H2,(H,29,30)(H,31,32)/b13-10+. The third-order valence-electron chi connectivity index (χ3n) is 5.73. The lowest BCUT2D eigenvalue weighted by molar-refractivity contribution is -0.198. The number of H-pyrrole nitrogens is 1. The van der Waals surface area contributed by atoms with Crippen molar-refractivity contribution in [3.63, 3.8) is 0 Å². The molecule has 0 bridgehead atoms. The lowest BCUT2D eigenvalue weighted by Gasteiger charge is -2.21. The number of nitrogens with zero attached hydrogens (tertiary/aromatic N) is 2. The van der Waals surface area contributed by atoms with Crippen LogP contribution in [0.25, 0.3) is 28.2 Å². The van der Waals surface area contributed by atoms with Gasteiger partial charge in [-0.3, -0.25) is 9.78 Å². The number of carbonyl (C=O) groups is 1. The average Bonchev–Trinajstić information content (AvgIpc) is 3.29. The van der Waals surface area contributed by atoms with Crippen LogP contribution in [0, 0.1) is 0 Å². The Kier molecular flexibility index (Phi) is 6.74. The summed E-state index contributed by atoms with van der Waals surface area (Å²) in [6.45, 7) is 0.670. The molecule has 1 atom stereocenters. The highest BCUT2D eigenvalue weighted by atomic mass is 16.8. The second kappa shape index (κ2) is 10.4. The minimum Gasteiger partial charge on any atom is -0.350 e. The lowest BCUT2D eigenvalue weighted by Crippen LogP contribution is -2.32. The molecular formula is C27H26N4O3. The van der Waals surface area contributed by atoms with Crippen molar-refractivity contribution in [1.82, 2.24) is 20.4 Å². The minimum absolute atomic E-state index is 0.314. The van der Waals surface area contributed by atoms with E-state index in [0.29, 0.717) is 13.0 Å². The third-order valence-corrected chi connectivity index (χ3v) is 5.73. The first-order valence-electron chi connectivity index (χ1n) is 11.5. The Bertz CT molecular complexity index is 1280. The van der Waals surface area contributed by atoms with Gasteiger partial charge in [-0.25, -0.2) is 15.3 Å². The van der Waals surface area contributed by atoms with Gasteiger partial charge in [0.2, 0.25) is 0 Å². The van der Waals surface area contributed by atoms with Gasteiger partial charge in [-0.05, 0) is 53.8 Å². The summed E-state index contributed by atoms with van der Waals surface area (Å²) in [5.41, 5.74) is 8.61. The number of aromatic nitrogens is 3. The molecule has 1 fully saturated rings. The van der Waals surface area contributed by atoms with Crippen molar-refractivity contribution < 1.29 is 14.4 Å². The van der Waals surface area contributed by atoms with Crippen molar-refractivity contribution in [2.75, 3.05) is 6.61 Å².